The Morgan fingerprint density at radius 1 is 1.47 bits per heavy atom. The fraction of sp³-hybridized carbons (Fsp3) is 0.438. The zero-order valence-corrected chi connectivity index (χ0v) is 12.2. The van der Waals surface area contributed by atoms with Crippen LogP contribution in [-0.4, -0.2) is 11.9 Å². The van der Waals surface area contributed by atoms with Crippen LogP contribution in [0.15, 0.2) is 30.3 Å². The summed E-state index contributed by atoms with van der Waals surface area (Å²) in [7, 11) is 0. The highest BCUT2D eigenvalue weighted by Gasteiger charge is 2.31. The number of halogens is 1. The molecule has 1 aliphatic rings. The highest BCUT2D eigenvalue weighted by atomic mass is 35.5. The molecule has 1 aromatic rings. The lowest BCUT2D eigenvalue weighted by molar-refractivity contribution is -0.117. The first-order valence-electron chi connectivity index (χ1n) is 6.69. The summed E-state index contributed by atoms with van der Waals surface area (Å²) in [5.74, 6) is -0.0253. The third kappa shape index (κ3) is 4.39. The second-order valence-electron chi connectivity index (χ2n) is 6.00. The standard InChI is InChI=1S/C16H20ClNO/c1-16(2)9-8-14(11-16)18-15(19)7-6-12-4-3-5-13(17)10-12/h3-7,10,14H,8-9,11H2,1-2H3,(H,18,19)/b7-6+. The van der Waals surface area contributed by atoms with E-state index in [1.807, 2.05) is 24.3 Å². The van der Waals surface area contributed by atoms with E-state index < -0.39 is 0 Å². The second-order valence-corrected chi connectivity index (χ2v) is 6.44. The van der Waals surface area contributed by atoms with Crippen LogP contribution in [0.4, 0.5) is 0 Å². The maximum atomic E-state index is 11.8. The van der Waals surface area contributed by atoms with Gasteiger partial charge in [-0.25, -0.2) is 0 Å². The zero-order chi connectivity index (χ0) is 13.9. The molecule has 0 aromatic heterocycles. The molecule has 1 aliphatic carbocycles. The van der Waals surface area contributed by atoms with Gasteiger partial charge in [0.25, 0.3) is 0 Å². The van der Waals surface area contributed by atoms with Gasteiger partial charge in [-0.05, 0) is 48.4 Å². The molecule has 0 radical (unpaired) electrons. The smallest absolute Gasteiger partial charge is 0.244 e. The molecule has 2 nitrogen and oxygen atoms in total. The van der Waals surface area contributed by atoms with Crippen LogP contribution in [0, 0.1) is 5.41 Å². The van der Waals surface area contributed by atoms with Gasteiger partial charge in [-0.15, -0.1) is 0 Å². The molecule has 2 rings (SSSR count). The molecule has 1 saturated carbocycles. The molecule has 1 fully saturated rings. The lowest BCUT2D eigenvalue weighted by Crippen LogP contribution is -2.32. The predicted octanol–water partition coefficient (Wildman–Crippen LogP) is 4.05. The predicted molar refractivity (Wildman–Crippen MR) is 80.0 cm³/mol. The highest BCUT2D eigenvalue weighted by molar-refractivity contribution is 6.30. The van der Waals surface area contributed by atoms with Crippen LogP contribution in [-0.2, 0) is 4.79 Å². The summed E-state index contributed by atoms with van der Waals surface area (Å²) < 4.78 is 0. The van der Waals surface area contributed by atoms with Crippen molar-refractivity contribution in [2.75, 3.05) is 0 Å². The molecule has 1 aromatic carbocycles. The minimum atomic E-state index is -0.0253. The van der Waals surface area contributed by atoms with Crippen LogP contribution in [0.5, 0.6) is 0 Å². The topological polar surface area (TPSA) is 29.1 Å². The van der Waals surface area contributed by atoms with Gasteiger partial charge >= 0.3 is 0 Å². The van der Waals surface area contributed by atoms with Crippen molar-refractivity contribution in [3.63, 3.8) is 0 Å². The zero-order valence-electron chi connectivity index (χ0n) is 11.4. The lowest BCUT2D eigenvalue weighted by Gasteiger charge is -2.17. The Morgan fingerprint density at radius 3 is 2.89 bits per heavy atom. The normalized spacial score (nSPS) is 21.7. The number of carbonyl (C=O) groups is 1. The Morgan fingerprint density at radius 2 is 2.26 bits per heavy atom. The van der Waals surface area contributed by atoms with Crippen molar-refractivity contribution in [3.8, 4) is 0 Å². The van der Waals surface area contributed by atoms with E-state index in [1.165, 1.54) is 6.42 Å². The average Bonchev–Trinajstić information content (AvgIpc) is 2.66. The molecule has 0 spiro atoms. The van der Waals surface area contributed by atoms with Crippen molar-refractivity contribution >= 4 is 23.6 Å². The molecule has 0 saturated heterocycles. The van der Waals surface area contributed by atoms with E-state index in [2.05, 4.69) is 19.2 Å². The van der Waals surface area contributed by atoms with Gasteiger partial charge in [0.1, 0.15) is 0 Å². The number of hydrogen-bond donors (Lipinski definition) is 1. The first kappa shape index (κ1) is 14.1. The van der Waals surface area contributed by atoms with Crippen LogP contribution in [0.3, 0.4) is 0 Å². The van der Waals surface area contributed by atoms with Gasteiger partial charge in [-0.1, -0.05) is 37.6 Å². The summed E-state index contributed by atoms with van der Waals surface area (Å²) in [5.41, 5.74) is 1.30. The Bertz CT molecular complexity index is 493. The van der Waals surface area contributed by atoms with E-state index in [1.54, 1.807) is 12.2 Å². The average molecular weight is 278 g/mol. The molecule has 0 aliphatic heterocycles. The van der Waals surface area contributed by atoms with E-state index in [0.29, 0.717) is 16.5 Å². The van der Waals surface area contributed by atoms with Gasteiger partial charge < -0.3 is 5.32 Å². The number of benzene rings is 1. The van der Waals surface area contributed by atoms with Crippen molar-refractivity contribution in [2.45, 2.75) is 39.2 Å². The molecule has 0 heterocycles. The number of hydrogen-bond acceptors (Lipinski definition) is 1. The van der Waals surface area contributed by atoms with E-state index in [-0.39, 0.29) is 5.91 Å². The Labute approximate surface area is 119 Å². The third-order valence-corrected chi connectivity index (χ3v) is 3.83. The molecule has 1 atom stereocenters. The number of rotatable bonds is 3. The molecule has 1 amide bonds. The van der Waals surface area contributed by atoms with Crippen LogP contribution in [0.2, 0.25) is 5.02 Å². The maximum Gasteiger partial charge on any atom is 0.244 e. The van der Waals surface area contributed by atoms with Gasteiger partial charge in [0.15, 0.2) is 0 Å². The van der Waals surface area contributed by atoms with E-state index in [9.17, 15) is 4.79 Å². The number of carbonyl (C=O) groups excluding carboxylic acids is 1. The van der Waals surface area contributed by atoms with Gasteiger partial charge in [-0.3, -0.25) is 4.79 Å². The van der Waals surface area contributed by atoms with Crippen LogP contribution < -0.4 is 5.32 Å². The third-order valence-electron chi connectivity index (χ3n) is 3.59. The minimum Gasteiger partial charge on any atom is -0.350 e. The van der Waals surface area contributed by atoms with Gasteiger partial charge in [0.05, 0.1) is 0 Å². The summed E-state index contributed by atoms with van der Waals surface area (Å²) in [6.45, 7) is 4.50. The Hall–Kier alpha value is -1.28. The quantitative estimate of drug-likeness (QED) is 0.830. The molecule has 1 N–H and O–H groups in total. The van der Waals surface area contributed by atoms with Crippen LogP contribution in [0.25, 0.3) is 6.08 Å². The minimum absolute atomic E-state index is 0.0253. The monoisotopic (exact) mass is 277 g/mol. The molecule has 102 valence electrons. The van der Waals surface area contributed by atoms with E-state index >= 15 is 0 Å². The van der Waals surface area contributed by atoms with Gasteiger partial charge in [0, 0.05) is 17.1 Å². The van der Waals surface area contributed by atoms with Crippen molar-refractivity contribution < 1.29 is 4.79 Å². The lowest BCUT2D eigenvalue weighted by atomic mass is 9.92. The molecule has 3 heteroatoms. The highest BCUT2D eigenvalue weighted by Crippen LogP contribution is 2.36. The maximum absolute atomic E-state index is 11.8. The first-order chi connectivity index (χ1) is 8.94. The summed E-state index contributed by atoms with van der Waals surface area (Å²) in [6.07, 6.45) is 6.68. The fourth-order valence-corrected chi connectivity index (χ4v) is 2.79. The van der Waals surface area contributed by atoms with Crippen LogP contribution in [0.1, 0.15) is 38.7 Å². The largest absolute Gasteiger partial charge is 0.350 e. The number of nitrogens with one attached hydrogen (secondary N) is 1. The molecule has 0 bridgehead atoms. The summed E-state index contributed by atoms with van der Waals surface area (Å²) in [6, 6.07) is 7.77. The number of amides is 1. The van der Waals surface area contributed by atoms with Crippen molar-refractivity contribution in [1.29, 1.82) is 0 Å². The Balaban J connectivity index is 1.88. The summed E-state index contributed by atoms with van der Waals surface area (Å²) in [5, 5.41) is 3.74. The fourth-order valence-electron chi connectivity index (χ4n) is 2.59. The van der Waals surface area contributed by atoms with Crippen molar-refractivity contribution in [2.24, 2.45) is 5.41 Å². The first-order valence-corrected chi connectivity index (χ1v) is 7.07. The van der Waals surface area contributed by atoms with Gasteiger partial charge in [0.2, 0.25) is 5.91 Å². The van der Waals surface area contributed by atoms with Crippen LogP contribution >= 0.6 is 11.6 Å². The summed E-state index contributed by atoms with van der Waals surface area (Å²) >= 11 is 5.89. The molecular formula is C16H20ClNO. The summed E-state index contributed by atoms with van der Waals surface area (Å²) in [4.78, 5) is 11.8. The Kier molecular flexibility index (Phi) is 4.31. The SMILES string of the molecule is CC1(C)CCC(NC(=O)/C=C/c2cccc(Cl)c2)C1. The molecule has 1 unspecified atom stereocenters. The second kappa shape index (κ2) is 5.79. The van der Waals surface area contributed by atoms with Crippen molar-refractivity contribution in [3.05, 3.63) is 40.9 Å². The van der Waals surface area contributed by atoms with E-state index in [4.69, 9.17) is 11.6 Å². The van der Waals surface area contributed by atoms with Gasteiger partial charge in [-0.2, -0.15) is 0 Å². The molecule has 19 heavy (non-hydrogen) atoms. The van der Waals surface area contributed by atoms with Crippen molar-refractivity contribution in [1.82, 2.24) is 5.32 Å². The van der Waals surface area contributed by atoms with E-state index in [0.717, 1.165) is 18.4 Å². The molecular weight excluding hydrogens is 258 g/mol.